The molecule has 5 nitrogen and oxygen atoms in total. The molecule has 0 aliphatic carbocycles. The van der Waals surface area contributed by atoms with Gasteiger partial charge in [0, 0.05) is 5.69 Å². The molecular weight excluding hydrogens is 350 g/mol. The Balaban J connectivity index is 2.03. The number of nitrogens with one attached hydrogen (secondary N) is 1. The summed E-state index contributed by atoms with van der Waals surface area (Å²) in [6.07, 6.45) is 3.31. The van der Waals surface area contributed by atoms with Crippen molar-refractivity contribution in [3.8, 4) is 0 Å². The van der Waals surface area contributed by atoms with Gasteiger partial charge in [-0.2, -0.15) is 0 Å². The molecule has 0 radical (unpaired) electrons. The van der Waals surface area contributed by atoms with Gasteiger partial charge >= 0.3 is 5.97 Å². The summed E-state index contributed by atoms with van der Waals surface area (Å²) >= 11 is 0. The summed E-state index contributed by atoms with van der Waals surface area (Å²) in [5, 5.41) is 0. The zero-order chi connectivity index (χ0) is 19.0. The number of aryl methyl sites for hydroxylation is 1. The third-order valence-electron chi connectivity index (χ3n) is 3.91. The van der Waals surface area contributed by atoms with E-state index >= 15 is 0 Å². The van der Waals surface area contributed by atoms with Crippen molar-refractivity contribution in [2.24, 2.45) is 0 Å². The summed E-state index contributed by atoms with van der Waals surface area (Å²) in [6, 6.07) is 13.7. The fraction of sp³-hybridized carbons (Fsp3) is 0.350. The van der Waals surface area contributed by atoms with Crippen molar-refractivity contribution in [3.05, 3.63) is 59.7 Å². The van der Waals surface area contributed by atoms with Gasteiger partial charge in [0.2, 0.25) is 0 Å². The summed E-state index contributed by atoms with van der Waals surface area (Å²) < 4.78 is 32.4. The highest BCUT2D eigenvalue weighted by molar-refractivity contribution is 7.92. The smallest absolute Gasteiger partial charge is 0.310 e. The molecule has 0 saturated heterocycles. The number of rotatable bonds is 9. The van der Waals surface area contributed by atoms with Crippen molar-refractivity contribution in [1.29, 1.82) is 0 Å². The number of carbonyl (C=O) groups is 1. The number of sulfonamides is 1. The van der Waals surface area contributed by atoms with Crippen LogP contribution in [0.2, 0.25) is 0 Å². The first-order valence-electron chi connectivity index (χ1n) is 8.81. The largest absolute Gasteiger partial charge is 0.466 e. The second-order valence-electron chi connectivity index (χ2n) is 6.03. The van der Waals surface area contributed by atoms with E-state index in [1.807, 2.05) is 12.1 Å². The molecule has 0 aromatic heterocycles. The molecule has 2 aromatic carbocycles. The molecular formula is C20H25NO4S. The lowest BCUT2D eigenvalue weighted by Crippen LogP contribution is -2.13. The normalized spacial score (nSPS) is 11.2. The number of unbranched alkanes of at least 4 members (excludes halogenated alkanes) is 1. The van der Waals surface area contributed by atoms with Crippen LogP contribution in [0.3, 0.4) is 0 Å². The monoisotopic (exact) mass is 375 g/mol. The van der Waals surface area contributed by atoms with E-state index in [4.69, 9.17) is 4.74 Å². The quantitative estimate of drug-likeness (QED) is 0.674. The first-order valence-corrected chi connectivity index (χ1v) is 10.3. The molecule has 0 saturated carbocycles. The second kappa shape index (κ2) is 9.38. The first-order chi connectivity index (χ1) is 12.4. The van der Waals surface area contributed by atoms with E-state index in [1.165, 1.54) is 0 Å². The van der Waals surface area contributed by atoms with Gasteiger partial charge in [-0.05, 0) is 55.2 Å². The number of carbonyl (C=O) groups excluding carboxylic acids is 1. The molecule has 0 aliphatic heterocycles. The van der Waals surface area contributed by atoms with Crippen molar-refractivity contribution in [2.45, 2.75) is 44.4 Å². The van der Waals surface area contributed by atoms with Crippen LogP contribution >= 0.6 is 0 Å². The predicted octanol–water partition coefficient (Wildman–Crippen LogP) is 3.94. The number of esters is 1. The zero-order valence-corrected chi connectivity index (χ0v) is 16.0. The van der Waals surface area contributed by atoms with Gasteiger partial charge in [0.05, 0.1) is 17.9 Å². The van der Waals surface area contributed by atoms with Crippen LogP contribution in [0.1, 0.15) is 37.8 Å². The minimum Gasteiger partial charge on any atom is -0.466 e. The molecule has 0 spiro atoms. The van der Waals surface area contributed by atoms with Crippen LogP contribution in [0.4, 0.5) is 5.69 Å². The molecule has 2 aromatic rings. The summed E-state index contributed by atoms with van der Waals surface area (Å²) in [6.45, 7) is 4.22. The maximum Gasteiger partial charge on any atom is 0.310 e. The highest BCUT2D eigenvalue weighted by atomic mass is 32.2. The Hall–Kier alpha value is -2.34. The molecule has 0 bridgehead atoms. The number of hydrogen-bond acceptors (Lipinski definition) is 4. The molecule has 1 N–H and O–H groups in total. The molecule has 0 aliphatic rings. The van der Waals surface area contributed by atoms with Gasteiger partial charge in [-0.25, -0.2) is 8.42 Å². The van der Waals surface area contributed by atoms with E-state index in [-0.39, 0.29) is 17.3 Å². The van der Waals surface area contributed by atoms with E-state index in [9.17, 15) is 13.2 Å². The van der Waals surface area contributed by atoms with E-state index in [0.717, 1.165) is 30.4 Å². The average molecular weight is 375 g/mol. The molecule has 140 valence electrons. The Morgan fingerprint density at radius 3 is 2.15 bits per heavy atom. The van der Waals surface area contributed by atoms with E-state index in [1.54, 1.807) is 43.3 Å². The van der Waals surface area contributed by atoms with Crippen LogP contribution in [0.25, 0.3) is 0 Å². The van der Waals surface area contributed by atoms with E-state index < -0.39 is 10.0 Å². The minimum absolute atomic E-state index is 0.167. The molecule has 0 atom stereocenters. The van der Waals surface area contributed by atoms with Crippen molar-refractivity contribution in [3.63, 3.8) is 0 Å². The molecule has 2 rings (SSSR count). The fourth-order valence-corrected chi connectivity index (χ4v) is 3.56. The Morgan fingerprint density at radius 2 is 1.58 bits per heavy atom. The van der Waals surface area contributed by atoms with Gasteiger partial charge in [-0.15, -0.1) is 0 Å². The molecule has 0 heterocycles. The number of ether oxygens (including phenoxy) is 1. The standard InChI is InChI=1S/C20H25NO4S/c1-3-5-6-16-9-13-19(14-10-16)26(23,24)21-18-11-7-17(8-12-18)15-20(22)25-4-2/h7-14,21H,3-6,15H2,1-2H3. The van der Waals surface area contributed by atoms with E-state index in [2.05, 4.69) is 11.6 Å². The maximum atomic E-state index is 12.5. The van der Waals surface area contributed by atoms with E-state index in [0.29, 0.717) is 12.3 Å². The van der Waals surface area contributed by atoms with Gasteiger partial charge in [0.1, 0.15) is 0 Å². The lowest BCUT2D eigenvalue weighted by atomic mass is 10.1. The highest BCUT2D eigenvalue weighted by Gasteiger charge is 2.14. The third kappa shape index (κ3) is 5.88. The van der Waals surface area contributed by atoms with Crippen LogP contribution < -0.4 is 4.72 Å². The fourth-order valence-electron chi connectivity index (χ4n) is 2.50. The number of anilines is 1. The zero-order valence-electron chi connectivity index (χ0n) is 15.2. The highest BCUT2D eigenvalue weighted by Crippen LogP contribution is 2.18. The summed E-state index contributed by atoms with van der Waals surface area (Å²) in [5.74, 6) is -0.302. The lowest BCUT2D eigenvalue weighted by Gasteiger charge is -2.10. The first kappa shape index (κ1) is 20.0. The number of hydrogen-bond donors (Lipinski definition) is 1. The van der Waals surface area contributed by atoms with Crippen molar-refractivity contribution < 1.29 is 17.9 Å². The molecule has 0 amide bonds. The van der Waals surface area contributed by atoms with Crippen molar-refractivity contribution in [1.82, 2.24) is 0 Å². The summed E-state index contributed by atoms with van der Waals surface area (Å²) in [5.41, 5.74) is 2.36. The molecule has 26 heavy (non-hydrogen) atoms. The Kier molecular flexibility index (Phi) is 7.21. The summed E-state index contributed by atoms with van der Waals surface area (Å²) in [7, 11) is -3.64. The predicted molar refractivity (Wildman–Crippen MR) is 103 cm³/mol. The topological polar surface area (TPSA) is 72.5 Å². The van der Waals surface area contributed by atoms with Crippen LogP contribution in [0.5, 0.6) is 0 Å². The van der Waals surface area contributed by atoms with Crippen LogP contribution in [-0.2, 0) is 32.4 Å². The third-order valence-corrected chi connectivity index (χ3v) is 5.31. The Bertz CT molecular complexity index is 812. The Morgan fingerprint density at radius 1 is 0.962 bits per heavy atom. The van der Waals surface area contributed by atoms with Crippen LogP contribution in [0, 0.1) is 0 Å². The van der Waals surface area contributed by atoms with Crippen LogP contribution in [-0.4, -0.2) is 21.0 Å². The molecule has 0 unspecified atom stereocenters. The molecule has 6 heteroatoms. The maximum absolute atomic E-state index is 12.5. The number of benzene rings is 2. The summed E-state index contributed by atoms with van der Waals surface area (Å²) in [4.78, 5) is 11.7. The van der Waals surface area contributed by atoms with Gasteiger partial charge in [-0.1, -0.05) is 37.6 Å². The van der Waals surface area contributed by atoms with Crippen molar-refractivity contribution in [2.75, 3.05) is 11.3 Å². The van der Waals surface area contributed by atoms with Gasteiger partial charge in [0.15, 0.2) is 0 Å². The van der Waals surface area contributed by atoms with Gasteiger partial charge in [-0.3, -0.25) is 9.52 Å². The average Bonchev–Trinajstić information content (AvgIpc) is 2.62. The molecule has 0 fully saturated rings. The second-order valence-corrected chi connectivity index (χ2v) is 7.71. The van der Waals surface area contributed by atoms with Gasteiger partial charge in [0.25, 0.3) is 10.0 Å². The minimum atomic E-state index is -3.64. The SMILES string of the molecule is CCCCc1ccc(S(=O)(=O)Nc2ccc(CC(=O)OCC)cc2)cc1. The van der Waals surface area contributed by atoms with Crippen molar-refractivity contribution >= 4 is 21.7 Å². The lowest BCUT2D eigenvalue weighted by molar-refractivity contribution is -0.142. The Labute approximate surface area is 155 Å². The van der Waals surface area contributed by atoms with Crippen LogP contribution in [0.15, 0.2) is 53.4 Å². The van der Waals surface area contributed by atoms with Gasteiger partial charge < -0.3 is 4.74 Å².